The number of benzene rings is 3. The number of amides is 1. The molecule has 0 bridgehead atoms. The van der Waals surface area contributed by atoms with Gasteiger partial charge in [0.15, 0.2) is 0 Å². The number of nitro benzene ring substituents is 1. The van der Waals surface area contributed by atoms with Gasteiger partial charge >= 0.3 is 0 Å². The SMILES string of the molecule is COc1cccc(-c2nc(-c3ccc(-c4cccc([N+](=O)[O-])c4)cc3O)oc2NC(C)=O)c1. The molecule has 1 aromatic heterocycles. The number of ether oxygens (including phenoxy) is 1. The number of hydrogen-bond acceptors (Lipinski definition) is 7. The van der Waals surface area contributed by atoms with Crippen LogP contribution in [0.5, 0.6) is 11.5 Å². The van der Waals surface area contributed by atoms with Gasteiger partial charge in [-0.1, -0.05) is 30.3 Å². The van der Waals surface area contributed by atoms with Gasteiger partial charge in [-0.15, -0.1) is 0 Å². The molecule has 3 aromatic carbocycles. The zero-order chi connectivity index (χ0) is 23.5. The van der Waals surface area contributed by atoms with Crippen molar-refractivity contribution < 1.29 is 24.0 Å². The van der Waals surface area contributed by atoms with Crippen molar-refractivity contribution in [2.75, 3.05) is 12.4 Å². The van der Waals surface area contributed by atoms with Gasteiger partial charge in [0.1, 0.15) is 17.2 Å². The van der Waals surface area contributed by atoms with Crippen LogP contribution in [0.25, 0.3) is 33.8 Å². The number of aromatic nitrogens is 1. The molecule has 0 aliphatic carbocycles. The van der Waals surface area contributed by atoms with Crippen molar-refractivity contribution >= 4 is 17.5 Å². The number of oxazole rings is 1. The molecule has 0 saturated carbocycles. The summed E-state index contributed by atoms with van der Waals surface area (Å²) in [5.74, 6) is 0.362. The van der Waals surface area contributed by atoms with Crippen molar-refractivity contribution in [2.24, 2.45) is 0 Å². The Morgan fingerprint density at radius 3 is 2.48 bits per heavy atom. The molecule has 0 atom stereocenters. The first kappa shape index (κ1) is 21.6. The molecule has 0 spiro atoms. The van der Waals surface area contributed by atoms with E-state index < -0.39 is 4.92 Å². The lowest BCUT2D eigenvalue weighted by atomic mass is 10.0. The molecule has 9 heteroatoms. The van der Waals surface area contributed by atoms with E-state index in [0.717, 1.165) is 0 Å². The Bertz CT molecular complexity index is 1360. The van der Waals surface area contributed by atoms with E-state index >= 15 is 0 Å². The molecular weight excluding hydrogens is 426 g/mol. The number of phenols is 1. The molecule has 2 N–H and O–H groups in total. The quantitative estimate of drug-likeness (QED) is 0.306. The van der Waals surface area contributed by atoms with Crippen molar-refractivity contribution in [1.29, 1.82) is 0 Å². The van der Waals surface area contributed by atoms with Gasteiger partial charge in [0.2, 0.25) is 17.7 Å². The minimum absolute atomic E-state index is 0.0494. The van der Waals surface area contributed by atoms with E-state index in [0.29, 0.717) is 33.7 Å². The molecule has 0 unspecified atom stereocenters. The van der Waals surface area contributed by atoms with E-state index in [1.807, 2.05) is 0 Å². The minimum Gasteiger partial charge on any atom is -0.507 e. The van der Waals surface area contributed by atoms with Gasteiger partial charge in [-0.25, -0.2) is 4.98 Å². The second-order valence-electron chi connectivity index (χ2n) is 7.15. The minimum atomic E-state index is -0.478. The fourth-order valence-corrected chi connectivity index (χ4v) is 3.34. The number of nitro groups is 1. The molecule has 166 valence electrons. The first-order valence-electron chi connectivity index (χ1n) is 9.87. The summed E-state index contributed by atoms with van der Waals surface area (Å²) in [4.78, 5) is 26.8. The summed E-state index contributed by atoms with van der Waals surface area (Å²) in [5.41, 5.74) is 2.44. The van der Waals surface area contributed by atoms with Crippen molar-refractivity contribution in [3.8, 4) is 45.3 Å². The largest absolute Gasteiger partial charge is 0.507 e. The van der Waals surface area contributed by atoms with Crippen LogP contribution >= 0.6 is 0 Å². The van der Waals surface area contributed by atoms with Crippen molar-refractivity contribution in [3.63, 3.8) is 0 Å². The van der Waals surface area contributed by atoms with Crippen LogP contribution < -0.4 is 10.1 Å². The molecule has 0 fully saturated rings. The maximum atomic E-state index is 11.7. The lowest BCUT2D eigenvalue weighted by Gasteiger charge is -2.05. The summed E-state index contributed by atoms with van der Waals surface area (Å²) in [6.07, 6.45) is 0. The lowest BCUT2D eigenvalue weighted by molar-refractivity contribution is -0.384. The third-order valence-electron chi connectivity index (χ3n) is 4.88. The third-order valence-corrected chi connectivity index (χ3v) is 4.88. The number of hydrogen-bond donors (Lipinski definition) is 2. The number of rotatable bonds is 6. The molecule has 1 heterocycles. The lowest BCUT2D eigenvalue weighted by Crippen LogP contribution is -2.05. The Labute approximate surface area is 188 Å². The fourth-order valence-electron chi connectivity index (χ4n) is 3.34. The summed E-state index contributed by atoms with van der Waals surface area (Å²) >= 11 is 0. The fraction of sp³-hybridized carbons (Fsp3) is 0.0833. The molecule has 0 aliphatic heterocycles. The summed E-state index contributed by atoms with van der Waals surface area (Å²) in [5, 5.41) is 24.4. The highest BCUT2D eigenvalue weighted by Gasteiger charge is 2.20. The molecule has 1 amide bonds. The first-order chi connectivity index (χ1) is 15.9. The monoisotopic (exact) mass is 445 g/mol. The van der Waals surface area contributed by atoms with Crippen LogP contribution in [0.3, 0.4) is 0 Å². The highest BCUT2D eigenvalue weighted by Crippen LogP contribution is 2.38. The number of phenolic OH excluding ortho intramolecular Hbond substituents is 1. The van der Waals surface area contributed by atoms with E-state index in [4.69, 9.17) is 9.15 Å². The highest BCUT2D eigenvalue weighted by molar-refractivity contribution is 5.92. The number of anilines is 1. The predicted molar refractivity (Wildman–Crippen MR) is 122 cm³/mol. The number of carbonyl (C=O) groups is 1. The number of aromatic hydroxyl groups is 1. The Kier molecular flexibility index (Phi) is 5.77. The smallest absolute Gasteiger partial charge is 0.270 e. The average Bonchev–Trinajstić information content (AvgIpc) is 3.21. The molecule has 0 saturated heterocycles. The summed E-state index contributed by atoms with van der Waals surface area (Å²) < 4.78 is 11.0. The summed E-state index contributed by atoms with van der Waals surface area (Å²) in [7, 11) is 1.54. The van der Waals surface area contributed by atoms with Crippen LogP contribution in [0, 0.1) is 10.1 Å². The highest BCUT2D eigenvalue weighted by atomic mass is 16.6. The van der Waals surface area contributed by atoms with Crippen molar-refractivity contribution in [1.82, 2.24) is 4.98 Å². The van der Waals surface area contributed by atoms with E-state index in [-0.39, 0.29) is 29.1 Å². The molecule has 4 rings (SSSR count). The average molecular weight is 445 g/mol. The van der Waals surface area contributed by atoms with Crippen LogP contribution in [0.15, 0.2) is 71.1 Å². The summed E-state index contributed by atoms with van der Waals surface area (Å²) in [6, 6.07) is 18.0. The summed E-state index contributed by atoms with van der Waals surface area (Å²) in [6.45, 7) is 1.35. The second kappa shape index (κ2) is 8.83. The standard InChI is InChI=1S/C24H19N3O6/c1-14(28)25-24-22(17-6-4-8-19(12-17)32-2)26-23(33-24)20-10-9-16(13-21(20)29)15-5-3-7-18(11-15)27(30)31/h3-13,29H,1-2H3,(H,25,28). The predicted octanol–water partition coefficient (Wildman–Crippen LogP) is 5.26. The maximum absolute atomic E-state index is 11.7. The van der Waals surface area contributed by atoms with Crippen LogP contribution in [0.4, 0.5) is 11.6 Å². The Hall–Kier alpha value is -4.66. The molecule has 4 aromatic rings. The number of non-ortho nitro benzene ring substituents is 1. The molecular formula is C24H19N3O6. The normalized spacial score (nSPS) is 10.6. The third kappa shape index (κ3) is 4.52. The van der Waals surface area contributed by atoms with E-state index in [9.17, 15) is 20.0 Å². The van der Waals surface area contributed by atoms with Crippen molar-refractivity contribution in [3.05, 3.63) is 76.8 Å². The number of carbonyl (C=O) groups excluding carboxylic acids is 1. The van der Waals surface area contributed by atoms with Crippen molar-refractivity contribution in [2.45, 2.75) is 6.92 Å². The topological polar surface area (TPSA) is 128 Å². The van der Waals surface area contributed by atoms with Gasteiger partial charge in [-0.3, -0.25) is 20.2 Å². The Morgan fingerprint density at radius 2 is 1.79 bits per heavy atom. The molecule has 9 nitrogen and oxygen atoms in total. The Balaban J connectivity index is 1.76. The first-order valence-corrected chi connectivity index (χ1v) is 9.87. The Morgan fingerprint density at radius 1 is 1.06 bits per heavy atom. The van der Waals surface area contributed by atoms with Gasteiger partial charge < -0.3 is 14.3 Å². The van der Waals surface area contributed by atoms with E-state index in [1.165, 1.54) is 25.1 Å². The van der Waals surface area contributed by atoms with E-state index in [1.54, 1.807) is 55.6 Å². The second-order valence-corrected chi connectivity index (χ2v) is 7.15. The van der Waals surface area contributed by atoms with Gasteiger partial charge in [0.05, 0.1) is 17.6 Å². The van der Waals surface area contributed by atoms with Crippen LogP contribution in [0.2, 0.25) is 0 Å². The van der Waals surface area contributed by atoms with Crippen LogP contribution in [-0.2, 0) is 4.79 Å². The molecule has 0 aliphatic rings. The van der Waals surface area contributed by atoms with Gasteiger partial charge in [-0.05, 0) is 35.4 Å². The van der Waals surface area contributed by atoms with Gasteiger partial charge in [-0.2, -0.15) is 0 Å². The van der Waals surface area contributed by atoms with Gasteiger partial charge in [0.25, 0.3) is 5.69 Å². The molecule has 33 heavy (non-hydrogen) atoms. The van der Waals surface area contributed by atoms with Crippen LogP contribution in [0.1, 0.15) is 6.92 Å². The van der Waals surface area contributed by atoms with Crippen LogP contribution in [-0.4, -0.2) is 28.0 Å². The number of nitrogens with zero attached hydrogens (tertiary/aromatic N) is 2. The zero-order valence-electron chi connectivity index (χ0n) is 17.7. The zero-order valence-corrected chi connectivity index (χ0v) is 17.7. The number of nitrogens with one attached hydrogen (secondary N) is 1. The number of methoxy groups -OCH3 is 1. The maximum Gasteiger partial charge on any atom is 0.270 e. The van der Waals surface area contributed by atoms with Gasteiger partial charge in [0, 0.05) is 24.6 Å². The molecule has 0 radical (unpaired) electrons. The van der Waals surface area contributed by atoms with E-state index in [2.05, 4.69) is 10.3 Å².